The highest BCUT2D eigenvalue weighted by Gasteiger charge is 2.31. The third kappa shape index (κ3) is 2.38. The predicted molar refractivity (Wildman–Crippen MR) is 70.9 cm³/mol. The Morgan fingerprint density at radius 2 is 2.39 bits per heavy atom. The molecule has 1 fully saturated rings. The Morgan fingerprint density at radius 3 is 3.22 bits per heavy atom. The maximum atomic E-state index is 6.03. The van der Waals surface area contributed by atoms with Crippen LogP contribution in [0, 0.1) is 0 Å². The van der Waals surface area contributed by atoms with Gasteiger partial charge in [-0.15, -0.1) is 0 Å². The molecular formula is C15H21NO2. The molecule has 2 aliphatic rings. The van der Waals surface area contributed by atoms with Gasteiger partial charge < -0.3 is 14.8 Å². The summed E-state index contributed by atoms with van der Waals surface area (Å²) in [5, 5.41) is 3.41. The fourth-order valence-electron chi connectivity index (χ4n) is 2.80. The van der Waals surface area contributed by atoms with Crippen molar-refractivity contribution in [1.82, 2.24) is 5.32 Å². The van der Waals surface area contributed by atoms with E-state index in [9.17, 15) is 0 Å². The van der Waals surface area contributed by atoms with Gasteiger partial charge in [-0.3, -0.25) is 0 Å². The van der Waals surface area contributed by atoms with Crippen LogP contribution in [0.2, 0.25) is 0 Å². The van der Waals surface area contributed by atoms with Gasteiger partial charge in [0, 0.05) is 18.7 Å². The maximum absolute atomic E-state index is 6.03. The van der Waals surface area contributed by atoms with Crippen LogP contribution in [-0.4, -0.2) is 25.4 Å². The van der Waals surface area contributed by atoms with Crippen LogP contribution in [0.4, 0.5) is 0 Å². The summed E-state index contributed by atoms with van der Waals surface area (Å²) in [5.74, 6) is 1.02. The molecular weight excluding hydrogens is 226 g/mol. The lowest BCUT2D eigenvalue weighted by molar-refractivity contribution is -0.0161. The average Bonchev–Trinajstić information content (AvgIpc) is 2.84. The second-order valence-corrected chi connectivity index (χ2v) is 5.51. The number of nitrogens with one attached hydrogen (secondary N) is 1. The molecule has 0 aliphatic carbocycles. The third-order valence-electron chi connectivity index (χ3n) is 3.94. The molecule has 0 spiro atoms. The van der Waals surface area contributed by atoms with Crippen LogP contribution >= 0.6 is 0 Å². The minimum Gasteiger partial charge on any atom is -0.490 e. The molecule has 1 atom stereocenters. The van der Waals surface area contributed by atoms with Crippen molar-refractivity contribution in [3.63, 3.8) is 0 Å². The smallest absolute Gasteiger partial charge is 0.124 e. The van der Waals surface area contributed by atoms with Gasteiger partial charge >= 0.3 is 0 Å². The first-order valence-corrected chi connectivity index (χ1v) is 6.85. The van der Waals surface area contributed by atoms with Gasteiger partial charge in [-0.2, -0.15) is 0 Å². The van der Waals surface area contributed by atoms with E-state index in [-0.39, 0.29) is 5.60 Å². The zero-order valence-corrected chi connectivity index (χ0v) is 11.0. The minimum absolute atomic E-state index is 0.0924. The lowest BCUT2D eigenvalue weighted by Gasteiger charge is -2.26. The van der Waals surface area contributed by atoms with Crippen LogP contribution in [0.15, 0.2) is 18.2 Å². The summed E-state index contributed by atoms with van der Waals surface area (Å²) in [5.41, 5.74) is 2.65. The van der Waals surface area contributed by atoms with E-state index < -0.39 is 0 Å². The highest BCUT2D eigenvalue weighted by molar-refractivity contribution is 5.41. The van der Waals surface area contributed by atoms with E-state index in [1.165, 1.54) is 11.1 Å². The molecule has 2 aliphatic heterocycles. The van der Waals surface area contributed by atoms with E-state index in [4.69, 9.17) is 9.47 Å². The van der Waals surface area contributed by atoms with Gasteiger partial charge in [0.2, 0.25) is 0 Å². The van der Waals surface area contributed by atoms with Gasteiger partial charge in [-0.1, -0.05) is 12.1 Å². The van der Waals surface area contributed by atoms with Crippen molar-refractivity contribution in [1.29, 1.82) is 0 Å². The molecule has 2 heterocycles. The molecule has 1 unspecified atom stereocenters. The first-order valence-electron chi connectivity index (χ1n) is 6.85. The standard InChI is InChI=1S/C15H21NO2/c1-15(7-3-9-18-15)11-17-14-5-2-4-12-6-8-16-10-13(12)14/h2,4-5,16H,3,6-11H2,1H3. The SMILES string of the molecule is CC1(COc2cccc3c2CNCC3)CCCO1. The Bertz CT molecular complexity index is 425. The molecule has 0 radical (unpaired) electrons. The summed E-state index contributed by atoms with van der Waals surface area (Å²) in [6.45, 7) is 5.66. The Morgan fingerprint density at radius 1 is 1.44 bits per heavy atom. The zero-order chi connectivity index (χ0) is 12.4. The van der Waals surface area contributed by atoms with E-state index in [0.717, 1.165) is 44.7 Å². The third-order valence-corrected chi connectivity index (χ3v) is 3.94. The van der Waals surface area contributed by atoms with E-state index >= 15 is 0 Å². The van der Waals surface area contributed by atoms with Crippen LogP contribution in [0.1, 0.15) is 30.9 Å². The van der Waals surface area contributed by atoms with Crippen LogP contribution in [0.5, 0.6) is 5.75 Å². The molecule has 1 aromatic rings. The van der Waals surface area contributed by atoms with Gasteiger partial charge in [-0.25, -0.2) is 0 Å². The molecule has 0 bridgehead atoms. The van der Waals surface area contributed by atoms with E-state index in [0.29, 0.717) is 6.61 Å². The van der Waals surface area contributed by atoms with Crippen LogP contribution in [-0.2, 0) is 17.7 Å². The Balaban J connectivity index is 1.72. The number of hydrogen-bond acceptors (Lipinski definition) is 3. The van der Waals surface area contributed by atoms with Gasteiger partial charge in [-0.05, 0) is 44.4 Å². The summed E-state index contributed by atoms with van der Waals surface area (Å²) >= 11 is 0. The van der Waals surface area contributed by atoms with Crippen molar-refractivity contribution in [2.75, 3.05) is 19.8 Å². The molecule has 1 aromatic carbocycles. The van der Waals surface area contributed by atoms with E-state index in [1.54, 1.807) is 0 Å². The summed E-state index contributed by atoms with van der Waals surface area (Å²) in [7, 11) is 0. The molecule has 3 nitrogen and oxygen atoms in total. The first-order chi connectivity index (χ1) is 8.77. The lowest BCUT2D eigenvalue weighted by atomic mass is 10.00. The van der Waals surface area contributed by atoms with Gasteiger partial charge in [0.15, 0.2) is 0 Å². The topological polar surface area (TPSA) is 30.5 Å². The zero-order valence-electron chi connectivity index (χ0n) is 11.0. The largest absolute Gasteiger partial charge is 0.490 e. The molecule has 0 saturated carbocycles. The normalized spacial score (nSPS) is 26.9. The molecule has 1 saturated heterocycles. The Labute approximate surface area is 108 Å². The predicted octanol–water partition coefficient (Wildman–Crippen LogP) is 2.28. The number of fused-ring (bicyclic) bond motifs is 1. The summed E-state index contributed by atoms with van der Waals surface area (Å²) < 4.78 is 11.8. The van der Waals surface area contributed by atoms with Crippen molar-refractivity contribution in [3.8, 4) is 5.75 Å². The second-order valence-electron chi connectivity index (χ2n) is 5.51. The quantitative estimate of drug-likeness (QED) is 0.889. The van der Waals surface area contributed by atoms with Crippen molar-refractivity contribution < 1.29 is 9.47 Å². The Kier molecular flexibility index (Phi) is 3.27. The molecule has 98 valence electrons. The maximum Gasteiger partial charge on any atom is 0.124 e. The summed E-state index contributed by atoms with van der Waals surface area (Å²) in [6.07, 6.45) is 3.34. The highest BCUT2D eigenvalue weighted by atomic mass is 16.5. The van der Waals surface area contributed by atoms with E-state index in [2.05, 4.69) is 30.4 Å². The summed E-state index contributed by atoms with van der Waals surface area (Å²) in [6, 6.07) is 6.37. The molecule has 1 N–H and O–H groups in total. The van der Waals surface area contributed by atoms with Crippen molar-refractivity contribution >= 4 is 0 Å². The average molecular weight is 247 g/mol. The second kappa shape index (κ2) is 4.90. The summed E-state index contributed by atoms with van der Waals surface area (Å²) in [4.78, 5) is 0. The van der Waals surface area contributed by atoms with Crippen molar-refractivity contribution in [2.45, 2.75) is 38.3 Å². The molecule has 3 rings (SSSR count). The van der Waals surface area contributed by atoms with Crippen LogP contribution in [0.3, 0.4) is 0 Å². The molecule has 0 aromatic heterocycles. The van der Waals surface area contributed by atoms with E-state index in [1.807, 2.05) is 0 Å². The fourth-order valence-corrected chi connectivity index (χ4v) is 2.80. The van der Waals surface area contributed by atoms with Crippen molar-refractivity contribution in [3.05, 3.63) is 29.3 Å². The monoisotopic (exact) mass is 247 g/mol. The number of ether oxygens (including phenoxy) is 2. The van der Waals surface area contributed by atoms with Crippen molar-refractivity contribution in [2.24, 2.45) is 0 Å². The Hall–Kier alpha value is -1.06. The lowest BCUT2D eigenvalue weighted by Crippen LogP contribution is -2.32. The highest BCUT2D eigenvalue weighted by Crippen LogP contribution is 2.29. The number of rotatable bonds is 3. The van der Waals surface area contributed by atoms with Gasteiger partial charge in [0.1, 0.15) is 12.4 Å². The van der Waals surface area contributed by atoms with Gasteiger partial charge in [0.25, 0.3) is 0 Å². The number of benzene rings is 1. The molecule has 0 amide bonds. The molecule has 18 heavy (non-hydrogen) atoms. The first kappa shape index (κ1) is 12.0. The minimum atomic E-state index is -0.0924. The number of hydrogen-bond donors (Lipinski definition) is 1. The van der Waals surface area contributed by atoms with Crippen LogP contribution in [0.25, 0.3) is 0 Å². The van der Waals surface area contributed by atoms with Gasteiger partial charge in [0.05, 0.1) is 5.60 Å². The molecule has 3 heteroatoms. The fraction of sp³-hybridized carbons (Fsp3) is 0.600. The van der Waals surface area contributed by atoms with Crippen LogP contribution < -0.4 is 10.1 Å².